The second-order valence-corrected chi connectivity index (χ2v) is 8.21. The van der Waals surface area contributed by atoms with Gasteiger partial charge in [0.15, 0.2) is 0 Å². The Hall–Kier alpha value is -2.58. The van der Waals surface area contributed by atoms with Gasteiger partial charge in [0, 0.05) is 16.6 Å². The number of β-lactam (4-membered cyclic amide) rings is 1. The summed E-state index contributed by atoms with van der Waals surface area (Å²) in [5, 5.41) is 25.9. The molecule has 0 aromatic heterocycles. The Morgan fingerprint density at radius 1 is 1.24 bits per heavy atom. The third-order valence-corrected chi connectivity index (χ3v) is 6.28. The number of aliphatic hydroxyl groups excluding tert-OH is 1. The number of carboxylic acid groups (broad SMARTS) is 1. The van der Waals surface area contributed by atoms with Crippen LogP contribution in [-0.4, -0.2) is 51.2 Å². The largest absolute Gasteiger partial charge is 0.477 e. The van der Waals surface area contributed by atoms with Gasteiger partial charge in [0.1, 0.15) is 5.70 Å². The molecule has 0 bridgehead atoms. The third-order valence-electron chi connectivity index (χ3n) is 6.03. The first-order valence-corrected chi connectivity index (χ1v) is 9.99. The van der Waals surface area contributed by atoms with E-state index in [1.165, 1.54) is 4.90 Å². The zero-order chi connectivity index (χ0) is 20.9. The van der Waals surface area contributed by atoms with Crippen LogP contribution in [0.2, 0.25) is 5.02 Å². The molecule has 1 aromatic rings. The summed E-state index contributed by atoms with van der Waals surface area (Å²) in [4.78, 5) is 38.3. The van der Waals surface area contributed by atoms with Crippen LogP contribution in [0.1, 0.15) is 26.2 Å². The number of nitrogens with one attached hydrogen (secondary N) is 2. The van der Waals surface area contributed by atoms with Gasteiger partial charge in [0.2, 0.25) is 5.91 Å². The zero-order valence-electron chi connectivity index (χ0n) is 15.8. The van der Waals surface area contributed by atoms with Crippen LogP contribution in [0.15, 0.2) is 35.5 Å². The molecule has 154 valence electrons. The highest BCUT2D eigenvalue weighted by Crippen LogP contribution is 2.52. The number of anilines is 1. The molecule has 1 saturated heterocycles. The summed E-state index contributed by atoms with van der Waals surface area (Å²) in [6.45, 7) is 1.55. The lowest BCUT2D eigenvalue weighted by molar-refractivity contribution is -0.163. The van der Waals surface area contributed by atoms with Crippen molar-refractivity contribution in [1.82, 2.24) is 10.2 Å². The molecule has 1 aromatic carbocycles. The van der Waals surface area contributed by atoms with Crippen LogP contribution in [-0.2, 0) is 9.59 Å². The van der Waals surface area contributed by atoms with E-state index in [2.05, 4.69) is 10.6 Å². The number of hydrogen-bond donors (Lipinski definition) is 4. The normalized spacial score (nSPS) is 28.9. The fraction of sp³-hybridized carbons (Fsp3) is 0.450. The zero-order valence-corrected chi connectivity index (χ0v) is 16.5. The predicted octanol–water partition coefficient (Wildman–Crippen LogP) is 2.19. The molecule has 1 unspecified atom stereocenters. The summed E-state index contributed by atoms with van der Waals surface area (Å²) in [5.41, 5.74) is 1.10. The summed E-state index contributed by atoms with van der Waals surface area (Å²) in [6, 6.07) is 5.35. The van der Waals surface area contributed by atoms with Crippen molar-refractivity contribution in [3.05, 3.63) is 40.6 Å². The van der Waals surface area contributed by atoms with E-state index in [-0.39, 0.29) is 23.6 Å². The van der Waals surface area contributed by atoms with Crippen molar-refractivity contribution in [2.24, 2.45) is 11.8 Å². The number of rotatable bonds is 4. The van der Waals surface area contributed by atoms with Crippen molar-refractivity contribution >= 4 is 35.2 Å². The number of amides is 3. The van der Waals surface area contributed by atoms with Crippen molar-refractivity contribution in [3.63, 3.8) is 0 Å². The molecule has 1 saturated carbocycles. The lowest BCUT2D eigenvalue weighted by Gasteiger charge is -2.47. The van der Waals surface area contributed by atoms with Gasteiger partial charge < -0.3 is 25.7 Å². The summed E-state index contributed by atoms with van der Waals surface area (Å²) in [6.07, 6.45) is 1.25. The average Bonchev–Trinajstić information content (AvgIpc) is 2.95. The molecule has 3 amide bonds. The van der Waals surface area contributed by atoms with E-state index in [9.17, 15) is 24.6 Å². The Labute approximate surface area is 172 Å². The quantitative estimate of drug-likeness (QED) is 0.558. The molecule has 5 atom stereocenters. The molecule has 29 heavy (non-hydrogen) atoms. The fourth-order valence-corrected chi connectivity index (χ4v) is 5.02. The number of hydrogen-bond acceptors (Lipinski definition) is 4. The lowest BCUT2D eigenvalue weighted by atomic mass is 9.71. The molecule has 4 N–H and O–H groups in total. The van der Waals surface area contributed by atoms with E-state index in [4.69, 9.17) is 11.6 Å². The van der Waals surface area contributed by atoms with E-state index in [0.717, 1.165) is 12.8 Å². The van der Waals surface area contributed by atoms with Crippen LogP contribution < -0.4 is 10.6 Å². The molecular weight excluding hydrogens is 398 g/mol. The Morgan fingerprint density at radius 2 is 1.93 bits per heavy atom. The average molecular weight is 420 g/mol. The minimum absolute atomic E-state index is 0.0432. The highest BCUT2D eigenvalue weighted by molar-refractivity contribution is 6.30. The molecule has 0 spiro atoms. The van der Waals surface area contributed by atoms with Gasteiger partial charge in [-0.05, 0) is 49.6 Å². The summed E-state index contributed by atoms with van der Waals surface area (Å²) < 4.78 is 0. The van der Waals surface area contributed by atoms with Crippen LogP contribution in [0.5, 0.6) is 0 Å². The van der Waals surface area contributed by atoms with Crippen molar-refractivity contribution in [2.75, 3.05) is 5.32 Å². The van der Waals surface area contributed by atoms with E-state index in [1.54, 1.807) is 31.2 Å². The molecule has 1 aliphatic carbocycles. The second kappa shape index (κ2) is 7.35. The van der Waals surface area contributed by atoms with Gasteiger partial charge in [0.05, 0.1) is 24.1 Å². The van der Waals surface area contributed by atoms with Crippen molar-refractivity contribution < 1.29 is 24.6 Å². The topological polar surface area (TPSA) is 119 Å². The Morgan fingerprint density at radius 3 is 2.55 bits per heavy atom. The maximum atomic E-state index is 12.5. The number of aliphatic hydroxyl groups is 1. The number of carbonyl (C=O) groups is 3. The maximum Gasteiger partial charge on any atom is 0.352 e. The molecule has 0 radical (unpaired) electrons. The van der Waals surface area contributed by atoms with Gasteiger partial charge in [-0.25, -0.2) is 9.59 Å². The summed E-state index contributed by atoms with van der Waals surface area (Å²) in [7, 11) is 0. The molecule has 8 nitrogen and oxygen atoms in total. The number of aliphatic carboxylic acids is 1. The van der Waals surface area contributed by atoms with Gasteiger partial charge in [0.25, 0.3) is 0 Å². The van der Waals surface area contributed by atoms with Crippen molar-refractivity contribution in [3.8, 4) is 0 Å². The standard InChI is InChI=1S/C20H22ClN3O5/c1-9(25)14-16-12-3-2-4-13(15(12)17(19(27)28)24(16)18(14)26)23-20(29)22-11-7-5-10(21)6-8-11/h5-9,12-14,16,25H,2-4H2,1H3,(H,27,28)(H2,22,23,29)/t9?,12-,13-,14+,16+/m0/s1. The van der Waals surface area contributed by atoms with Gasteiger partial charge in [-0.3, -0.25) is 4.79 Å². The Kier molecular flexibility index (Phi) is 5.00. The molecule has 2 fully saturated rings. The lowest BCUT2D eigenvalue weighted by Crippen LogP contribution is -2.64. The number of carbonyl (C=O) groups excluding carboxylic acids is 2. The first kappa shape index (κ1) is 19.7. The predicted molar refractivity (Wildman–Crippen MR) is 105 cm³/mol. The smallest absolute Gasteiger partial charge is 0.352 e. The van der Waals surface area contributed by atoms with Crippen LogP contribution >= 0.6 is 11.6 Å². The summed E-state index contributed by atoms with van der Waals surface area (Å²) in [5.74, 6) is -2.33. The van der Waals surface area contributed by atoms with Gasteiger partial charge >= 0.3 is 12.0 Å². The van der Waals surface area contributed by atoms with Crippen LogP contribution in [0.3, 0.4) is 0 Å². The number of nitrogens with zero attached hydrogens (tertiary/aromatic N) is 1. The third kappa shape index (κ3) is 3.26. The van der Waals surface area contributed by atoms with Gasteiger partial charge in [-0.15, -0.1) is 0 Å². The second-order valence-electron chi connectivity index (χ2n) is 7.77. The number of benzene rings is 1. The molecule has 9 heteroatoms. The highest BCUT2D eigenvalue weighted by Gasteiger charge is 2.62. The highest BCUT2D eigenvalue weighted by atomic mass is 35.5. The van der Waals surface area contributed by atoms with Crippen LogP contribution in [0.25, 0.3) is 0 Å². The van der Waals surface area contributed by atoms with Crippen molar-refractivity contribution in [1.29, 1.82) is 0 Å². The van der Waals surface area contributed by atoms with Crippen LogP contribution in [0, 0.1) is 11.8 Å². The molecule has 2 heterocycles. The van der Waals surface area contributed by atoms with Crippen LogP contribution in [0.4, 0.5) is 10.5 Å². The fourth-order valence-electron chi connectivity index (χ4n) is 4.89. The number of carboxylic acids is 1. The van der Waals surface area contributed by atoms with E-state index in [0.29, 0.717) is 22.7 Å². The Bertz CT molecular complexity index is 898. The van der Waals surface area contributed by atoms with E-state index < -0.39 is 30.1 Å². The number of urea groups is 1. The number of halogens is 1. The van der Waals surface area contributed by atoms with E-state index >= 15 is 0 Å². The maximum absolute atomic E-state index is 12.5. The minimum Gasteiger partial charge on any atom is -0.477 e. The van der Waals surface area contributed by atoms with Crippen molar-refractivity contribution in [2.45, 2.75) is 44.4 Å². The SMILES string of the molecule is CC(O)[C@H]1C(=O)N2C(C(=O)O)=C3[C@@H](NC(=O)Nc4ccc(Cl)cc4)CCC[C@@H]3[C@H]12. The first-order chi connectivity index (χ1) is 13.8. The molecular formula is C20H22ClN3O5. The summed E-state index contributed by atoms with van der Waals surface area (Å²) >= 11 is 5.85. The molecule has 3 aliphatic rings. The Balaban J connectivity index is 1.57. The molecule has 4 rings (SSSR count). The number of fused-ring (bicyclic) bond motifs is 3. The van der Waals surface area contributed by atoms with Gasteiger partial charge in [-0.2, -0.15) is 0 Å². The van der Waals surface area contributed by atoms with E-state index in [1.807, 2.05) is 0 Å². The van der Waals surface area contributed by atoms with Gasteiger partial charge in [-0.1, -0.05) is 18.0 Å². The first-order valence-electron chi connectivity index (χ1n) is 9.61. The molecule has 2 aliphatic heterocycles. The monoisotopic (exact) mass is 419 g/mol. The minimum atomic E-state index is -1.18.